The highest BCUT2D eigenvalue weighted by Crippen LogP contribution is 2.29. The molecule has 0 saturated carbocycles. The van der Waals surface area contributed by atoms with Gasteiger partial charge in [-0.3, -0.25) is 4.79 Å². The van der Waals surface area contributed by atoms with E-state index in [1.54, 1.807) is 0 Å². The van der Waals surface area contributed by atoms with Crippen molar-refractivity contribution < 1.29 is 4.79 Å². The lowest BCUT2D eigenvalue weighted by Crippen LogP contribution is -2.40. The minimum absolute atomic E-state index is 0.168. The molecule has 2 saturated heterocycles. The van der Waals surface area contributed by atoms with Crippen LogP contribution in [-0.2, 0) is 4.79 Å². The highest BCUT2D eigenvalue weighted by atomic mass is 16.2. The number of fused-ring (bicyclic) bond motifs is 1. The molecule has 1 aromatic rings. The zero-order valence-corrected chi connectivity index (χ0v) is 13.4. The van der Waals surface area contributed by atoms with Crippen molar-refractivity contribution in [3.63, 3.8) is 0 Å². The average molecular weight is 301 g/mol. The molecule has 2 aliphatic heterocycles. The van der Waals surface area contributed by atoms with Crippen LogP contribution in [0.15, 0.2) is 30.3 Å². The summed E-state index contributed by atoms with van der Waals surface area (Å²) in [6.45, 7) is 5.96. The zero-order chi connectivity index (χ0) is 15.5. The Labute approximate surface area is 133 Å². The topological polar surface area (TPSA) is 58.4 Å². The fraction of sp³-hybridized carbons (Fsp3) is 0.611. The standard InChI is InChI=1S/C18H27N3O/c1-13(17(19)14-5-3-2-4-6-14)18(22)21-9-7-15-11-20-12-16(15)8-10-21/h2-6,13,15-17,20H,7-12,19H2,1H3/t13?,15-,16+,17?. The summed E-state index contributed by atoms with van der Waals surface area (Å²) in [7, 11) is 0. The van der Waals surface area contributed by atoms with Gasteiger partial charge in [0.1, 0.15) is 0 Å². The van der Waals surface area contributed by atoms with Crippen molar-refractivity contribution in [1.29, 1.82) is 0 Å². The molecule has 1 aromatic carbocycles. The van der Waals surface area contributed by atoms with Gasteiger partial charge in [-0.25, -0.2) is 0 Å². The highest BCUT2D eigenvalue weighted by molar-refractivity contribution is 5.79. The van der Waals surface area contributed by atoms with Crippen LogP contribution >= 0.6 is 0 Å². The van der Waals surface area contributed by atoms with Crippen molar-refractivity contribution in [3.05, 3.63) is 35.9 Å². The number of likely N-dealkylation sites (tertiary alicyclic amines) is 1. The molecule has 3 rings (SSSR count). The molecule has 4 heteroatoms. The van der Waals surface area contributed by atoms with E-state index in [-0.39, 0.29) is 17.9 Å². The third-order valence-electron chi connectivity index (χ3n) is 5.44. The van der Waals surface area contributed by atoms with Crippen LogP contribution in [-0.4, -0.2) is 37.0 Å². The van der Waals surface area contributed by atoms with E-state index in [2.05, 4.69) is 5.32 Å². The molecule has 4 nitrogen and oxygen atoms in total. The Morgan fingerprint density at radius 3 is 2.36 bits per heavy atom. The summed E-state index contributed by atoms with van der Waals surface area (Å²) in [4.78, 5) is 14.9. The van der Waals surface area contributed by atoms with Crippen LogP contribution < -0.4 is 11.1 Å². The molecular formula is C18H27N3O. The van der Waals surface area contributed by atoms with E-state index in [4.69, 9.17) is 5.73 Å². The number of hydrogen-bond donors (Lipinski definition) is 2. The average Bonchev–Trinajstić information content (AvgIpc) is 2.92. The van der Waals surface area contributed by atoms with Gasteiger partial charge < -0.3 is 16.0 Å². The summed E-state index contributed by atoms with van der Waals surface area (Å²) in [5.41, 5.74) is 7.36. The minimum Gasteiger partial charge on any atom is -0.342 e. The van der Waals surface area contributed by atoms with Gasteiger partial charge in [0, 0.05) is 19.1 Å². The molecule has 0 bridgehead atoms. The Balaban J connectivity index is 1.63. The second-order valence-electron chi connectivity index (χ2n) is 6.81. The number of nitrogens with zero attached hydrogens (tertiary/aromatic N) is 1. The Hall–Kier alpha value is -1.39. The van der Waals surface area contributed by atoms with Crippen LogP contribution in [0.1, 0.15) is 31.4 Å². The number of benzene rings is 1. The summed E-state index contributed by atoms with van der Waals surface area (Å²) < 4.78 is 0. The van der Waals surface area contributed by atoms with Crippen molar-refractivity contribution in [2.45, 2.75) is 25.8 Å². The molecule has 2 aliphatic rings. The number of rotatable bonds is 3. The van der Waals surface area contributed by atoms with Crippen molar-refractivity contribution in [2.24, 2.45) is 23.5 Å². The van der Waals surface area contributed by atoms with Gasteiger partial charge in [-0.05, 0) is 43.3 Å². The van der Waals surface area contributed by atoms with Gasteiger partial charge in [-0.15, -0.1) is 0 Å². The van der Waals surface area contributed by atoms with E-state index in [0.29, 0.717) is 0 Å². The van der Waals surface area contributed by atoms with Crippen LogP contribution in [0.25, 0.3) is 0 Å². The fourth-order valence-corrected chi connectivity index (χ4v) is 3.84. The van der Waals surface area contributed by atoms with Crippen molar-refractivity contribution in [1.82, 2.24) is 10.2 Å². The third kappa shape index (κ3) is 3.18. The smallest absolute Gasteiger partial charge is 0.227 e. The van der Waals surface area contributed by atoms with E-state index in [1.165, 1.54) is 0 Å². The SMILES string of the molecule is CC(C(=O)N1CC[C@@H]2CNC[C@@H]2CC1)C(N)c1ccccc1. The van der Waals surface area contributed by atoms with E-state index >= 15 is 0 Å². The highest BCUT2D eigenvalue weighted by Gasteiger charge is 2.33. The molecule has 0 aliphatic carbocycles. The number of nitrogens with two attached hydrogens (primary N) is 1. The first-order chi connectivity index (χ1) is 10.7. The van der Waals surface area contributed by atoms with E-state index in [9.17, 15) is 4.79 Å². The first kappa shape index (κ1) is 15.5. The van der Waals surface area contributed by atoms with E-state index < -0.39 is 0 Å². The molecular weight excluding hydrogens is 274 g/mol. The summed E-state index contributed by atoms with van der Waals surface area (Å²) >= 11 is 0. The molecule has 120 valence electrons. The molecule has 2 fully saturated rings. The summed E-state index contributed by atoms with van der Waals surface area (Å²) in [6, 6.07) is 9.72. The quantitative estimate of drug-likeness (QED) is 0.895. The minimum atomic E-state index is -0.224. The maximum atomic E-state index is 12.8. The van der Waals surface area contributed by atoms with Gasteiger partial charge in [0.05, 0.1) is 5.92 Å². The number of nitrogens with one attached hydrogen (secondary N) is 1. The van der Waals surface area contributed by atoms with Gasteiger partial charge in [0.2, 0.25) is 5.91 Å². The predicted octanol–water partition coefficient (Wildman–Crippen LogP) is 1.78. The Kier molecular flexibility index (Phi) is 4.79. The van der Waals surface area contributed by atoms with Gasteiger partial charge in [0.25, 0.3) is 0 Å². The number of carbonyl (C=O) groups is 1. The first-order valence-electron chi connectivity index (χ1n) is 8.47. The fourth-order valence-electron chi connectivity index (χ4n) is 3.84. The van der Waals surface area contributed by atoms with E-state index in [1.807, 2.05) is 42.2 Å². The monoisotopic (exact) mass is 301 g/mol. The third-order valence-corrected chi connectivity index (χ3v) is 5.44. The summed E-state index contributed by atoms with van der Waals surface area (Å²) in [5, 5.41) is 3.48. The molecule has 2 heterocycles. The first-order valence-corrected chi connectivity index (χ1v) is 8.47. The van der Waals surface area contributed by atoms with Crippen molar-refractivity contribution >= 4 is 5.91 Å². The van der Waals surface area contributed by atoms with Crippen LogP contribution in [0.5, 0.6) is 0 Å². The maximum Gasteiger partial charge on any atom is 0.227 e. The van der Waals surface area contributed by atoms with Crippen LogP contribution in [0.4, 0.5) is 0 Å². The number of hydrogen-bond acceptors (Lipinski definition) is 3. The Morgan fingerprint density at radius 1 is 1.18 bits per heavy atom. The van der Waals surface area contributed by atoms with Gasteiger partial charge in [-0.2, -0.15) is 0 Å². The van der Waals surface area contributed by atoms with Crippen molar-refractivity contribution in [3.8, 4) is 0 Å². The summed E-state index contributed by atoms with van der Waals surface area (Å²) in [6.07, 6.45) is 2.24. The van der Waals surface area contributed by atoms with Gasteiger partial charge in [-0.1, -0.05) is 37.3 Å². The maximum absolute atomic E-state index is 12.8. The van der Waals surface area contributed by atoms with Crippen molar-refractivity contribution in [2.75, 3.05) is 26.2 Å². The molecule has 0 aromatic heterocycles. The molecule has 22 heavy (non-hydrogen) atoms. The molecule has 4 atom stereocenters. The number of amides is 1. The molecule has 0 spiro atoms. The lowest BCUT2D eigenvalue weighted by molar-refractivity contribution is -0.135. The van der Waals surface area contributed by atoms with Gasteiger partial charge >= 0.3 is 0 Å². The zero-order valence-electron chi connectivity index (χ0n) is 13.4. The molecule has 1 amide bonds. The molecule has 0 radical (unpaired) electrons. The summed E-state index contributed by atoms with van der Waals surface area (Å²) in [5.74, 6) is 1.54. The van der Waals surface area contributed by atoms with E-state index in [0.717, 1.165) is 56.4 Å². The Bertz CT molecular complexity index is 490. The largest absolute Gasteiger partial charge is 0.342 e. The van der Waals surface area contributed by atoms with Crippen LogP contribution in [0, 0.1) is 17.8 Å². The molecule has 2 unspecified atom stereocenters. The predicted molar refractivity (Wildman–Crippen MR) is 88.2 cm³/mol. The van der Waals surface area contributed by atoms with Gasteiger partial charge in [0.15, 0.2) is 0 Å². The van der Waals surface area contributed by atoms with Crippen LogP contribution in [0.2, 0.25) is 0 Å². The molecule has 3 N–H and O–H groups in total. The number of carbonyl (C=O) groups excluding carboxylic acids is 1. The normalized spacial score (nSPS) is 27.8. The van der Waals surface area contributed by atoms with Crippen LogP contribution in [0.3, 0.4) is 0 Å². The lowest BCUT2D eigenvalue weighted by Gasteiger charge is -2.28. The lowest BCUT2D eigenvalue weighted by atomic mass is 9.92. The second-order valence-corrected chi connectivity index (χ2v) is 6.81. The Morgan fingerprint density at radius 2 is 1.77 bits per heavy atom. The second kappa shape index (κ2) is 6.80.